The van der Waals surface area contributed by atoms with Gasteiger partial charge in [0.25, 0.3) is 11.5 Å². The van der Waals surface area contributed by atoms with Crippen LogP contribution in [-0.4, -0.2) is 51.9 Å². The highest BCUT2D eigenvalue weighted by molar-refractivity contribution is 8.26. The van der Waals surface area contributed by atoms with Crippen LogP contribution in [0.3, 0.4) is 0 Å². The van der Waals surface area contributed by atoms with Gasteiger partial charge in [-0.25, -0.2) is 4.39 Å². The van der Waals surface area contributed by atoms with E-state index in [0.717, 1.165) is 6.42 Å². The van der Waals surface area contributed by atoms with E-state index in [1.807, 2.05) is 30.9 Å². The fraction of sp³-hybridized carbons (Fsp3) is 0.385. The minimum atomic E-state index is -0.383. The first-order valence-corrected chi connectivity index (χ1v) is 13.1. The third kappa shape index (κ3) is 4.53. The Kier molecular flexibility index (Phi) is 7.52. The van der Waals surface area contributed by atoms with Crippen LogP contribution >= 0.6 is 24.0 Å². The van der Waals surface area contributed by atoms with Gasteiger partial charge in [-0.2, -0.15) is 5.26 Å². The van der Waals surface area contributed by atoms with Crippen molar-refractivity contribution in [1.82, 2.24) is 9.47 Å². The molecule has 2 saturated heterocycles. The van der Waals surface area contributed by atoms with E-state index in [0.29, 0.717) is 58.0 Å². The van der Waals surface area contributed by atoms with Crippen molar-refractivity contribution < 1.29 is 9.18 Å². The van der Waals surface area contributed by atoms with Gasteiger partial charge in [0.05, 0.1) is 10.6 Å². The average molecular weight is 526 g/mol. The van der Waals surface area contributed by atoms with E-state index in [1.54, 1.807) is 37.1 Å². The van der Waals surface area contributed by atoms with Crippen molar-refractivity contribution in [2.45, 2.75) is 33.2 Å². The van der Waals surface area contributed by atoms with Gasteiger partial charge in [0.1, 0.15) is 27.6 Å². The number of pyridine rings is 1. The van der Waals surface area contributed by atoms with Crippen molar-refractivity contribution in [3.05, 3.63) is 62.0 Å². The number of nitrogens with zero attached hydrogens (tertiary/aromatic N) is 5. The Bertz CT molecular complexity index is 1360. The second-order valence-corrected chi connectivity index (χ2v) is 10.6. The molecule has 7 nitrogen and oxygen atoms in total. The largest absolute Gasteiger partial charge is 0.366 e. The number of halogens is 1. The Morgan fingerprint density at radius 1 is 1.19 bits per heavy atom. The van der Waals surface area contributed by atoms with E-state index >= 15 is 0 Å². The topological polar surface area (TPSA) is 72.6 Å². The van der Waals surface area contributed by atoms with Crippen molar-refractivity contribution in [3.63, 3.8) is 0 Å². The maximum absolute atomic E-state index is 14.3. The number of carbonyl (C=O) groups excluding carboxylic acids is 1. The fourth-order valence-electron chi connectivity index (χ4n) is 4.64. The van der Waals surface area contributed by atoms with Gasteiger partial charge < -0.3 is 9.80 Å². The van der Waals surface area contributed by atoms with Crippen LogP contribution in [-0.2, 0) is 11.8 Å². The third-order valence-corrected chi connectivity index (χ3v) is 8.20. The van der Waals surface area contributed by atoms with Crippen LogP contribution in [0.5, 0.6) is 0 Å². The zero-order valence-corrected chi connectivity index (χ0v) is 22.4. The molecule has 1 amide bonds. The molecule has 0 N–H and O–H groups in total. The number of hydrogen-bond donors (Lipinski definition) is 0. The van der Waals surface area contributed by atoms with Crippen LogP contribution in [0.1, 0.15) is 37.0 Å². The first-order valence-electron chi connectivity index (χ1n) is 11.8. The molecule has 1 aromatic carbocycles. The Hall–Kier alpha value is -3.16. The standard InChI is InChI=1S/C26H28FN5O2S2/c1-5-16(2)32-25(34)22(36-26(32)35)14-18-17(3)19(15-28)24(33)29(4)23(18)31-12-10-30(11-13-31)21-9-7-6-8-20(21)27/h6-9,14,16H,5,10-13H2,1-4H3. The van der Waals surface area contributed by atoms with Crippen molar-refractivity contribution in [2.75, 3.05) is 36.0 Å². The molecule has 10 heteroatoms. The number of para-hydroxylation sites is 1. The number of carbonyl (C=O) groups is 1. The lowest BCUT2D eigenvalue weighted by atomic mass is 10.0. The monoisotopic (exact) mass is 525 g/mol. The molecule has 2 aliphatic rings. The van der Waals surface area contributed by atoms with Gasteiger partial charge in [-0.15, -0.1) is 0 Å². The highest BCUT2D eigenvalue weighted by Gasteiger charge is 2.35. The second-order valence-electron chi connectivity index (χ2n) is 8.95. The molecule has 2 aliphatic heterocycles. The van der Waals surface area contributed by atoms with E-state index in [2.05, 4.69) is 4.90 Å². The molecule has 36 heavy (non-hydrogen) atoms. The van der Waals surface area contributed by atoms with Gasteiger partial charge in [0, 0.05) is 44.8 Å². The molecule has 0 spiro atoms. The van der Waals surface area contributed by atoms with Crippen LogP contribution < -0.4 is 15.4 Å². The van der Waals surface area contributed by atoms with Crippen LogP contribution in [0.2, 0.25) is 0 Å². The number of thiocarbonyl (C=S) groups is 1. The zero-order valence-electron chi connectivity index (χ0n) is 20.7. The molecule has 1 aromatic heterocycles. The quantitative estimate of drug-likeness (QED) is 0.431. The number of amides is 1. The minimum absolute atomic E-state index is 0.0229. The lowest BCUT2D eigenvalue weighted by molar-refractivity contribution is -0.123. The molecule has 1 unspecified atom stereocenters. The van der Waals surface area contributed by atoms with Crippen LogP contribution in [0.25, 0.3) is 6.08 Å². The number of benzene rings is 1. The predicted molar refractivity (Wildman–Crippen MR) is 147 cm³/mol. The van der Waals surface area contributed by atoms with E-state index < -0.39 is 0 Å². The molecule has 0 saturated carbocycles. The molecular weight excluding hydrogens is 497 g/mol. The number of aromatic nitrogens is 1. The summed E-state index contributed by atoms with van der Waals surface area (Å²) >= 11 is 6.72. The molecule has 3 heterocycles. The van der Waals surface area contributed by atoms with Crippen LogP contribution in [0, 0.1) is 24.1 Å². The SMILES string of the molecule is CCC(C)N1C(=O)C(=Cc2c(C)c(C#N)c(=O)n(C)c2N2CCN(c3ccccc3F)CC2)SC1=S. The number of piperazine rings is 1. The second kappa shape index (κ2) is 10.4. The summed E-state index contributed by atoms with van der Waals surface area (Å²) in [5.41, 5.74) is 1.40. The molecule has 4 rings (SSSR count). The van der Waals surface area contributed by atoms with Crippen LogP contribution in [0.15, 0.2) is 34.0 Å². The Morgan fingerprint density at radius 3 is 2.44 bits per heavy atom. The summed E-state index contributed by atoms with van der Waals surface area (Å²) in [6.45, 7) is 7.90. The highest BCUT2D eigenvalue weighted by atomic mass is 32.2. The summed E-state index contributed by atoms with van der Waals surface area (Å²) < 4.78 is 16.3. The van der Waals surface area contributed by atoms with Gasteiger partial charge in [0.15, 0.2) is 0 Å². The number of rotatable bonds is 5. The zero-order chi connectivity index (χ0) is 26.1. The lowest BCUT2D eigenvalue weighted by Crippen LogP contribution is -2.48. The molecule has 2 aromatic rings. The number of hydrogen-bond acceptors (Lipinski definition) is 7. The van der Waals surface area contributed by atoms with Gasteiger partial charge in [-0.3, -0.25) is 19.1 Å². The maximum atomic E-state index is 14.3. The number of thioether (sulfide) groups is 1. The Balaban J connectivity index is 1.75. The first kappa shape index (κ1) is 25.9. The van der Waals surface area contributed by atoms with Crippen molar-refractivity contribution in [2.24, 2.45) is 7.05 Å². The smallest absolute Gasteiger partial charge is 0.270 e. The molecule has 0 aliphatic carbocycles. The van der Waals surface area contributed by atoms with E-state index in [-0.39, 0.29) is 28.9 Å². The fourth-order valence-corrected chi connectivity index (χ4v) is 6.08. The van der Waals surface area contributed by atoms with E-state index in [9.17, 15) is 19.2 Å². The summed E-state index contributed by atoms with van der Waals surface area (Å²) in [5, 5.41) is 9.70. The van der Waals surface area contributed by atoms with Crippen molar-refractivity contribution in [1.29, 1.82) is 5.26 Å². The molecule has 0 radical (unpaired) electrons. The first-order chi connectivity index (χ1) is 17.2. The normalized spacial score (nSPS) is 18.2. The lowest BCUT2D eigenvalue weighted by Gasteiger charge is -2.38. The summed E-state index contributed by atoms with van der Waals surface area (Å²) in [6, 6.07) is 8.70. The van der Waals surface area contributed by atoms with E-state index in [1.165, 1.54) is 22.4 Å². The summed E-state index contributed by atoms with van der Waals surface area (Å²) in [7, 11) is 1.64. The summed E-state index contributed by atoms with van der Waals surface area (Å²) in [5.74, 6) is 0.205. The Labute approximate surface area is 219 Å². The van der Waals surface area contributed by atoms with E-state index in [4.69, 9.17) is 12.2 Å². The van der Waals surface area contributed by atoms with Gasteiger partial charge in [-0.05, 0) is 44.0 Å². The maximum Gasteiger partial charge on any atom is 0.270 e. The Morgan fingerprint density at radius 2 is 1.83 bits per heavy atom. The summed E-state index contributed by atoms with van der Waals surface area (Å²) in [6.07, 6.45) is 2.53. The van der Waals surface area contributed by atoms with Gasteiger partial charge >= 0.3 is 0 Å². The van der Waals surface area contributed by atoms with Crippen LogP contribution in [0.4, 0.5) is 15.9 Å². The minimum Gasteiger partial charge on any atom is -0.366 e. The molecule has 2 fully saturated rings. The number of anilines is 2. The van der Waals surface area contributed by atoms with Crippen molar-refractivity contribution in [3.8, 4) is 6.07 Å². The average Bonchev–Trinajstić information content (AvgIpc) is 3.15. The predicted octanol–water partition coefficient (Wildman–Crippen LogP) is 4.03. The molecule has 1 atom stereocenters. The molecule has 188 valence electrons. The van der Waals surface area contributed by atoms with Crippen molar-refractivity contribution >= 4 is 51.8 Å². The van der Waals surface area contributed by atoms with Gasteiger partial charge in [0.2, 0.25) is 0 Å². The third-order valence-electron chi connectivity index (χ3n) is 6.87. The number of nitriles is 1. The van der Waals surface area contributed by atoms with Gasteiger partial charge in [-0.1, -0.05) is 43.0 Å². The molecule has 0 bridgehead atoms. The highest BCUT2D eigenvalue weighted by Crippen LogP contribution is 2.37. The summed E-state index contributed by atoms with van der Waals surface area (Å²) in [4.78, 5) is 32.4. The molecular formula is C26H28FN5O2S2.